The monoisotopic (exact) mass is 308 g/mol. The summed E-state index contributed by atoms with van der Waals surface area (Å²) in [5, 5.41) is 0.718. The van der Waals surface area contributed by atoms with Crippen molar-refractivity contribution in [2.45, 2.75) is 13.5 Å². The first-order valence-corrected chi connectivity index (χ1v) is 7.58. The van der Waals surface area contributed by atoms with Gasteiger partial charge >= 0.3 is 0 Å². The van der Waals surface area contributed by atoms with Crippen molar-refractivity contribution in [3.8, 4) is 22.4 Å². The first-order valence-electron chi connectivity index (χ1n) is 7.20. The lowest BCUT2D eigenvalue weighted by molar-refractivity contribution is 0.994. The van der Waals surface area contributed by atoms with Crippen molar-refractivity contribution in [3.63, 3.8) is 0 Å². The molecule has 0 unspecified atom stereocenters. The van der Waals surface area contributed by atoms with Gasteiger partial charge in [-0.25, -0.2) is 0 Å². The van der Waals surface area contributed by atoms with Crippen LogP contribution in [0, 0.1) is 6.92 Å². The maximum absolute atomic E-state index is 5.99. The molecule has 0 fully saturated rings. The number of halogens is 1. The molecule has 1 aromatic heterocycles. The third-order valence-electron chi connectivity index (χ3n) is 3.64. The van der Waals surface area contributed by atoms with Crippen LogP contribution >= 0.6 is 11.6 Å². The fourth-order valence-electron chi connectivity index (χ4n) is 2.41. The van der Waals surface area contributed by atoms with Gasteiger partial charge in [0.15, 0.2) is 0 Å². The third kappa shape index (κ3) is 3.03. The second kappa shape index (κ2) is 6.30. The predicted octanol–water partition coefficient (Wildman–Crippen LogP) is 4.84. The van der Waals surface area contributed by atoms with Gasteiger partial charge in [0.25, 0.3) is 0 Å². The summed E-state index contributed by atoms with van der Waals surface area (Å²) < 4.78 is 0. The van der Waals surface area contributed by atoms with Crippen molar-refractivity contribution >= 4 is 11.6 Å². The molecule has 1 heterocycles. The second-order valence-corrected chi connectivity index (χ2v) is 5.71. The number of aryl methyl sites for hydroxylation is 1. The molecule has 3 rings (SSSR count). The summed E-state index contributed by atoms with van der Waals surface area (Å²) >= 11 is 5.99. The fraction of sp³-hybridized carbons (Fsp3) is 0.105. The van der Waals surface area contributed by atoms with E-state index in [1.165, 1.54) is 5.56 Å². The van der Waals surface area contributed by atoms with Gasteiger partial charge in [-0.3, -0.25) is 4.98 Å². The smallest absolute Gasteiger partial charge is 0.0784 e. The number of hydrogen-bond acceptors (Lipinski definition) is 2. The highest BCUT2D eigenvalue weighted by Crippen LogP contribution is 2.31. The maximum atomic E-state index is 5.99. The summed E-state index contributed by atoms with van der Waals surface area (Å²) in [6.45, 7) is 2.51. The average molecular weight is 309 g/mol. The van der Waals surface area contributed by atoms with Crippen LogP contribution in [0.2, 0.25) is 5.02 Å². The van der Waals surface area contributed by atoms with Crippen molar-refractivity contribution < 1.29 is 0 Å². The zero-order chi connectivity index (χ0) is 15.5. The Morgan fingerprint density at radius 1 is 0.864 bits per heavy atom. The number of rotatable bonds is 3. The highest BCUT2D eigenvalue weighted by atomic mass is 35.5. The minimum Gasteiger partial charge on any atom is -0.325 e. The standard InChI is InChI=1S/C19H17ClN2/c1-13-2-4-14(5-3-13)18-11-10-17(12-21)22-19(18)15-6-8-16(20)9-7-15/h2-11H,12,21H2,1H3. The molecule has 2 nitrogen and oxygen atoms in total. The van der Waals surface area contributed by atoms with Gasteiger partial charge in [0.05, 0.1) is 11.4 Å². The van der Waals surface area contributed by atoms with Gasteiger partial charge in [0, 0.05) is 22.7 Å². The molecular weight excluding hydrogens is 292 g/mol. The molecule has 0 saturated carbocycles. The molecular formula is C19H17ClN2. The molecule has 3 heteroatoms. The molecule has 0 atom stereocenters. The van der Waals surface area contributed by atoms with E-state index in [2.05, 4.69) is 37.3 Å². The van der Waals surface area contributed by atoms with Crippen LogP contribution in [0.1, 0.15) is 11.3 Å². The molecule has 0 saturated heterocycles. The lowest BCUT2D eigenvalue weighted by Crippen LogP contribution is -2.01. The average Bonchev–Trinajstić information content (AvgIpc) is 2.56. The third-order valence-corrected chi connectivity index (χ3v) is 3.89. The number of pyridine rings is 1. The van der Waals surface area contributed by atoms with Gasteiger partial charge in [0.2, 0.25) is 0 Å². The number of aromatic nitrogens is 1. The van der Waals surface area contributed by atoms with Crippen LogP contribution in [0.15, 0.2) is 60.7 Å². The summed E-state index contributed by atoms with van der Waals surface area (Å²) in [4.78, 5) is 4.72. The van der Waals surface area contributed by atoms with Crippen molar-refractivity contribution in [1.82, 2.24) is 4.98 Å². The van der Waals surface area contributed by atoms with E-state index in [0.717, 1.165) is 33.1 Å². The summed E-state index contributed by atoms with van der Waals surface area (Å²) in [5.74, 6) is 0. The number of benzene rings is 2. The highest BCUT2D eigenvalue weighted by Gasteiger charge is 2.10. The quantitative estimate of drug-likeness (QED) is 0.752. The van der Waals surface area contributed by atoms with Gasteiger partial charge in [-0.2, -0.15) is 0 Å². The van der Waals surface area contributed by atoms with E-state index in [1.54, 1.807) is 0 Å². The van der Waals surface area contributed by atoms with E-state index >= 15 is 0 Å². The van der Waals surface area contributed by atoms with Crippen LogP contribution in [0.3, 0.4) is 0 Å². The van der Waals surface area contributed by atoms with Crippen molar-refractivity contribution in [2.75, 3.05) is 0 Å². The molecule has 0 radical (unpaired) electrons. The number of hydrogen-bond donors (Lipinski definition) is 1. The van der Waals surface area contributed by atoms with Gasteiger partial charge < -0.3 is 5.73 Å². The van der Waals surface area contributed by atoms with Crippen molar-refractivity contribution in [3.05, 3.63) is 76.9 Å². The molecule has 0 spiro atoms. The molecule has 0 aliphatic heterocycles. The lowest BCUT2D eigenvalue weighted by Gasteiger charge is -2.11. The summed E-state index contributed by atoms with van der Waals surface area (Å²) in [6.07, 6.45) is 0. The van der Waals surface area contributed by atoms with Crippen LogP contribution in [0.25, 0.3) is 22.4 Å². The molecule has 0 amide bonds. The Bertz CT molecular complexity index is 778. The molecule has 3 aromatic rings. The van der Waals surface area contributed by atoms with Crippen molar-refractivity contribution in [2.24, 2.45) is 5.73 Å². The second-order valence-electron chi connectivity index (χ2n) is 5.28. The van der Waals surface area contributed by atoms with Crippen molar-refractivity contribution in [1.29, 1.82) is 0 Å². The maximum Gasteiger partial charge on any atom is 0.0784 e. The summed E-state index contributed by atoms with van der Waals surface area (Å²) in [7, 11) is 0. The molecule has 0 aliphatic rings. The van der Waals surface area contributed by atoms with E-state index in [0.29, 0.717) is 6.54 Å². The summed E-state index contributed by atoms with van der Waals surface area (Å²) in [5.41, 5.74) is 12.1. The lowest BCUT2D eigenvalue weighted by atomic mass is 9.98. The molecule has 2 N–H and O–H groups in total. The van der Waals surface area contributed by atoms with Gasteiger partial charge in [-0.05, 0) is 30.7 Å². The van der Waals surface area contributed by atoms with E-state index in [4.69, 9.17) is 22.3 Å². The minimum absolute atomic E-state index is 0.425. The fourth-order valence-corrected chi connectivity index (χ4v) is 2.53. The SMILES string of the molecule is Cc1ccc(-c2ccc(CN)nc2-c2ccc(Cl)cc2)cc1. The van der Waals surface area contributed by atoms with Crippen LogP contribution in [-0.2, 0) is 6.54 Å². The van der Waals surface area contributed by atoms with E-state index in [9.17, 15) is 0 Å². The number of nitrogens with two attached hydrogens (primary N) is 1. The molecule has 2 aromatic carbocycles. The van der Waals surface area contributed by atoms with Gasteiger partial charge in [0.1, 0.15) is 0 Å². The van der Waals surface area contributed by atoms with Gasteiger partial charge in [-0.15, -0.1) is 0 Å². The largest absolute Gasteiger partial charge is 0.325 e. The Kier molecular flexibility index (Phi) is 4.23. The zero-order valence-electron chi connectivity index (χ0n) is 12.4. The van der Waals surface area contributed by atoms with E-state index in [1.807, 2.05) is 30.3 Å². The Labute approximate surface area is 135 Å². The van der Waals surface area contributed by atoms with Crippen LogP contribution in [0.5, 0.6) is 0 Å². The van der Waals surface area contributed by atoms with Crippen LogP contribution < -0.4 is 5.73 Å². The molecule has 0 bridgehead atoms. The molecule has 0 aliphatic carbocycles. The summed E-state index contributed by atoms with van der Waals surface area (Å²) in [6, 6.07) is 20.3. The van der Waals surface area contributed by atoms with Crippen LogP contribution in [-0.4, -0.2) is 4.98 Å². The highest BCUT2D eigenvalue weighted by molar-refractivity contribution is 6.30. The Hall–Kier alpha value is -2.16. The Morgan fingerprint density at radius 3 is 2.14 bits per heavy atom. The molecule has 22 heavy (non-hydrogen) atoms. The Balaban J connectivity index is 2.17. The van der Waals surface area contributed by atoms with E-state index in [-0.39, 0.29) is 0 Å². The Morgan fingerprint density at radius 2 is 1.50 bits per heavy atom. The zero-order valence-corrected chi connectivity index (χ0v) is 13.1. The topological polar surface area (TPSA) is 38.9 Å². The van der Waals surface area contributed by atoms with Crippen LogP contribution in [0.4, 0.5) is 0 Å². The minimum atomic E-state index is 0.425. The first-order chi connectivity index (χ1) is 10.7. The van der Waals surface area contributed by atoms with E-state index < -0.39 is 0 Å². The van der Waals surface area contributed by atoms with Gasteiger partial charge in [-0.1, -0.05) is 59.6 Å². The predicted molar refractivity (Wildman–Crippen MR) is 92.7 cm³/mol. The first kappa shape index (κ1) is 14.8. The number of nitrogens with zero attached hydrogens (tertiary/aromatic N) is 1. The normalized spacial score (nSPS) is 10.7. The molecule has 110 valence electrons.